The van der Waals surface area contributed by atoms with E-state index in [4.69, 9.17) is 9.47 Å². The van der Waals surface area contributed by atoms with Gasteiger partial charge in [0.05, 0.1) is 18.7 Å². The summed E-state index contributed by atoms with van der Waals surface area (Å²) in [6.45, 7) is 7.62. The number of aliphatic carboxylic acids is 1. The molecule has 1 unspecified atom stereocenters. The summed E-state index contributed by atoms with van der Waals surface area (Å²) >= 11 is 0. The third-order valence-corrected chi connectivity index (χ3v) is 4.84. The number of aryl methyl sites for hydroxylation is 1. The predicted octanol–water partition coefficient (Wildman–Crippen LogP) is 3.90. The van der Waals surface area contributed by atoms with Crippen molar-refractivity contribution >= 4 is 29.0 Å². The molecule has 0 radical (unpaired) electrons. The van der Waals surface area contributed by atoms with Crippen LogP contribution in [0.4, 0.5) is 4.79 Å². The van der Waals surface area contributed by atoms with E-state index in [9.17, 15) is 14.7 Å². The number of carbonyl (C=O) groups is 2. The number of fused-ring (bicyclic) bond motifs is 1. The molecule has 7 heteroatoms. The van der Waals surface area contributed by atoms with Gasteiger partial charge in [0.25, 0.3) is 0 Å². The summed E-state index contributed by atoms with van der Waals surface area (Å²) in [5.41, 5.74) is 0.354. The molecule has 0 spiro atoms. The van der Waals surface area contributed by atoms with E-state index in [-0.39, 0.29) is 19.7 Å². The summed E-state index contributed by atoms with van der Waals surface area (Å²) < 4.78 is 11.0. The molecule has 2 aromatic rings. The lowest BCUT2D eigenvalue weighted by Gasteiger charge is -2.38. The number of carbonyl (C=O) groups excluding carboxylic acids is 1. The fraction of sp³-hybridized carbons (Fsp3) is 0.435. The zero-order valence-electron chi connectivity index (χ0n) is 17.8. The van der Waals surface area contributed by atoms with Gasteiger partial charge in [-0.1, -0.05) is 31.2 Å². The van der Waals surface area contributed by atoms with Gasteiger partial charge in [-0.15, -0.1) is 0 Å². The van der Waals surface area contributed by atoms with Gasteiger partial charge in [0.1, 0.15) is 5.60 Å². The van der Waals surface area contributed by atoms with Crippen LogP contribution in [-0.4, -0.2) is 58.0 Å². The normalized spacial score (nSPS) is 19.9. The number of nitrogens with zero attached hydrogens (tertiary/aromatic N) is 2. The quantitative estimate of drug-likeness (QED) is 0.819. The fourth-order valence-corrected chi connectivity index (χ4v) is 3.24. The van der Waals surface area contributed by atoms with Crippen molar-refractivity contribution < 1.29 is 24.2 Å². The number of hydrogen-bond donors (Lipinski definition) is 1. The number of pyridine rings is 1. The average molecular weight is 412 g/mol. The zero-order chi connectivity index (χ0) is 21.9. The number of benzene rings is 1. The molecule has 1 aromatic heterocycles. The van der Waals surface area contributed by atoms with Crippen molar-refractivity contribution in [2.45, 2.75) is 45.3 Å². The van der Waals surface area contributed by atoms with Crippen molar-refractivity contribution in [3.05, 3.63) is 47.7 Å². The van der Waals surface area contributed by atoms with Crippen LogP contribution in [0.3, 0.4) is 0 Å². The minimum atomic E-state index is -1.64. The lowest BCUT2D eigenvalue weighted by molar-refractivity contribution is -0.167. The van der Waals surface area contributed by atoms with Crippen LogP contribution in [0.2, 0.25) is 0 Å². The second-order valence-electron chi connectivity index (χ2n) is 8.39. The van der Waals surface area contributed by atoms with Gasteiger partial charge < -0.3 is 19.5 Å². The van der Waals surface area contributed by atoms with Crippen LogP contribution in [0.1, 0.15) is 39.0 Å². The summed E-state index contributed by atoms with van der Waals surface area (Å²) in [5.74, 6) is -1.15. The van der Waals surface area contributed by atoms with Crippen molar-refractivity contribution in [1.82, 2.24) is 9.88 Å². The van der Waals surface area contributed by atoms with Crippen LogP contribution in [0.25, 0.3) is 17.0 Å². The number of hydrogen-bond acceptors (Lipinski definition) is 5. The largest absolute Gasteiger partial charge is 0.479 e. The third-order valence-electron chi connectivity index (χ3n) is 4.84. The molecule has 1 fully saturated rings. The molecular weight excluding hydrogens is 384 g/mol. The Balaban J connectivity index is 1.85. The van der Waals surface area contributed by atoms with E-state index in [0.29, 0.717) is 0 Å². The van der Waals surface area contributed by atoms with Crippen molar-refractivity contribution in [3.8, 4) is 0 Å². The maximum Gasteiger partial charge on any atom is 0.410 e. The SMILES string of the molecule is CCc1ccc2ccc(/C=C/C3(C(=O)O)CN(C(=O)OC(C)(C)C)CCO3)cc2n1. The first-order chi connectivity index (χ1) is 14.1. The van der Waals surface area contributed by atoms with Gasteiger partial charge in [0.15, 0.2) is 0 Å². The molecule has 1 aliphatic heterocycles. The molecule has 0 aliphatic carbocycles. The van der Waals surface area contributed by atoms with E-state index < -0.39 is 23.3 Å². The van der Waals surface area contributed by atoms with Gasteiger partial charge in [-0.2, -0.15) is 0 Å². The second kappa shape index (κ2) is 8.44. The summed E-state index contributed by atoms with van der Waals surface area (Å²) in [5, 5.41) is 10.9. The maximum absolute atomic E-state index is 12.4. The minimum absolute atomic E-state index is 0.106. The van der Waals surface area contributed by atoms with Gasteiger partial charge >= 0.3 is 12.1 Å². The van der Waals surface area contributed by atoms with Gasteiger partial charge in [-0.25, -0.2) is 9.59 Å². The van der Waals surface area contributed by atoms with Crippen LogP contribution < -0.4 is 0 Å². The highest BCUT2D eigenvalue weighted by molar-refractivity contribution is 5.85. The lowest BCUT2D eigenvalue weighted by atomic mass is 9.99. The Bertz CT molecular complexity index is 979. The summed E-state index contributed by atoms with van der Waals surface area (Å²) in [7, 11) is 0. The number of ether oxygens (including phenoxy) is 2. The molecule has 1 saturated heterocycles. The minimum Gasteiger partial charge on any atom is -0.479 e. The van der Waals surface area contributed by atoms with Crippen LogP contribution in [-0.2, 0) is 20.7 Å². The van der Waals surface area contributed by atoms with E-state index in [2.05, 4.69) is 4.98 Å². The van der Waals surface area contributed by atoms with E-state index >= 15 is 0 Å². The monoisotopic (exact) mass is 412 g/mol. The Kier molecular flexibility index (Phi) is 6.12. The van der Waals surface area contributed by atoms with Crippen LogP contribution in [0.5, 0.6) is 0 Å². The number of rotatable bonds is 4. The molecule has 1 amide bonds. The molecule has 1 aromatic carbocycles. The Labute approximate surface area is 176 Å². The number of morpholine rings is 1. The molecule has 2 heterocycles. The van der Waals surface area contributed by atoms with Crippen molar-refractivity contribution in [2.24, 2.45) is 0 Å². The molecule has 3 rings (SSSR count). The number of aromatic nitrogens is 1. The summed E-state index contributed by atoms with van der Waals surface area (Å²) in [6.07, 6.45) is 3.49. The van der Waals surface area contributed by atoms with Gasteiger partial charge in [0, 0.05) is 17.6 Å². The molecule has 1 N–H and O–H groups in total. The van der Waals surface area contributed by atoms with Crippen LogP contribution in [0.15, 0.2) is 36.4 Å². The Morgan fingerprint density at radius 3 is 2.70 bits per heavy atom. The highest BCUT2D eigenvalue weighted by Crippen LogP contribution is 2.24. The number of carboxylic acids is 1. The molecular formula is C23H28N2O5. The first-order valence-corrected chi connectivity index (χ1v) is 10.1. The van der Waals surface area contributed by atoms with E-state index in [1.807, 2.05) is 37.3 Å². The Hall–Kier alpha value is -2.93. The van der Waals surface area contributed by atoms with E-state index in [0.717, 1.165) is 28.6 Å². The molecule has 160 valence electrons. The molecule has 0 saturated carbocycles. The van der Waals surface area contributed by atoms with Gasteiger partial charge in [0.2, 0.25) is 5.60 Å². The van der Waals surface area contributed by atoms with Gasteiger partial charge in [-0.05, 0) is 51.0 Å². The molecule has 1 atom stereocenters. The summed E-state index contributed by atoms with van der Waals surface area (Å²) in [6, 6.07) is 9.78. The standard InChI is InChI=1S/C23H28N2O5/c1-5-18-9-8-17-7-6-16(14-19(17)24-18)10-11-23(20(26)27)15-25(12-13-29-23)21(28)30-22(2,3)4/h6-11,14H,5,12-13,15H2,1-4H3,(H,26,27)/b11-10+. The molecule has 7 nitrogen and oxygen atoms in total. The smallest absolute Gasteiger partial charge is 0.410 e. The highest BCUT2D eigenvalue weighted by Gasteiger charge is 2.44. The zero-order valence-corrected chi connectivity index (χ0v) is 17.8. The van der Waals surface area contributed by atoms with Crippen LogP contribution >= 0.6 is 0 Å². The first kappa shape index (κ1) is 21.8. The van der Waals surface area contributed by atoms with Crippen molar-refractivity contribution in [3.63, 3.8) is 0 Å². The number of amides is 1. The Morgan fingerprint density at radius 2 is 2.03 bits per heavy atom. The van der Waals surface area contributed by atoms with Gasteiger partial charge in [-0.3, -0.25) is 4.98 Å². The summed E-state index contributed by atoms with van der Waals surface area (Å²) in [4.78, 5) is 30.5. The highest BCUT2D eigenvalue weighted by atomic mass is 16.6. The topological polar surface area (TPSA) is 89.0 Å². The number of carboxylic acid groups (broad SMARTS) is 1. The lowest BCUT2D eigenvalue weighted by Crippen LogP contribution is -2.57. The first-order valence-electron chi connectivity index (χ1n) is 10.1. The molecule has 30 heavy (non-hydrogen) atoms. The maximum atomic E-state index is 12.4. The van der Waals surface area contributed by atoms with Crippen molar-refractivity contribution in [1.29, 1.82) is 0 Å². The van der Waals surface area contributed by atoms with Crippen LogP contribution in [0, 0.1) is 0 Å². The molecule has 0 bridgehead atoms. The Morgan fingerprint density at radius 1 is 1.30 bits per heavy atom. The van der Waals surface area contributed by atoms with E-state index in [1.165, 1.54) is 11.0 Å². The average Bonchev–Trinajstić information content (AvgIpc) is 2.70. The predicted molar refractivity (Wildman–Crippen MR) is 114 cm³/mol. The molecule has 1 aliphatic rings. The van der Waals surface area contributed by atoms with E-state index in [1.54, 1.807) is 26.8 Å². The third kappa shape index (κ3) is 4.97. The fourth-order valence-electron chi connectivity index (χ4n) is 3.24. The van der Waals surface area contributed by atoms with Crippen molar-refractivity contribution in [2.75, 3.05) is 19.7 Å². The second-order valence-corrected chi connectivity index (χ2v) is 8.39.